The fourth-order valence-electron chi connectivity index (χ4n) is 1.61. The second-order valence-corrected chi connectivity index (χ2v) is 5.32. The first kappa shape index (κ1) is 11.3. The van der Waals surface area contributed by atoms with Crippen LogP contribution in [0.3, 0.4) is 0 Å². The van der Waals surface area contributed by atoms with Gasteiger partial charge >= 0.3 is 0 Å². The summed E-state index contributed by atoms with van der Waals surface area (Å²) >= 11 is 0. The van der Waals surface area contributed by atoms with Gasteiger partial charge in [-0.3, -0.25) is 0 Å². The average Bonchev–Trinajstić information content (AvgIpc) is 2.80. The zero-order chi connectivity index (χ0) is 10.8. The van der Waals surface area contributed by atoms with E-state index in [4.69, 9.17) is 0 Å². The van der Waals surface area contributed by atoms with Crippen LogP contribution >= 0.6 is 0 Å². The molecule has 1 aliphatic rings. The van der Waals surface area contributed by atoms with Gasteiger partial charge in [-0.15, -0.1) is 6.58 Å². The molecule has 1 atom stereocenters. The summed E-state index contributed by atoms with van der Waals surface area (Å²) in [6, 6.07) is 0. The van der Waals surface area contributed by atoms with Crippen molar-refractivity contribution in [3.63, 3.8) is 0 Å². The van der Waals surface area contributed by atoms with Gasteiger partial charge in [0.1, 0.15) is 0 Å². The maximum Gasteiger partial charge on any atom is 0.00146 e. The molecule has 0 aromatic heterocycles. The molecule has 0 saturated heterocycles. The lowest BCUT2D eigenvalue weighted by atomic mass is 9.95. The summed E-state index contributed by atoms with van der Waals surface area (Å²) in [7, 11) is 0. The first-order chi connectivity index (χ1) is 6.44. The molecule has 78 valence electrons. The van der Waals surface area contributed by atoms with E-state index in [9.17, 15) is 0 Å². The molecule has 1 saturated carbocycles. The molecule has 0 heteroatoms. The van der Waals surface area contributed by atoms with Crippen LogP contribution in [0.4, 0.5) is 0 Å². The molecule has 1 unspecified atom stereocenters. The van der Waals surface area contributed by atoms with Gasteiger partial charge in [-0.25, -0.2) is 0 Å². The smallest absolute Gasteiger partial charge is 0.00146 e. The molecular formula is C14H22. The Bertz CT molecular complexity index is 271. The molecule has 0 spiro atoms. The largest absolute Gasteiger partial charge is 0.102 e. The fraction of sp³-hybridized carbons (Fsp3) is 0.571. The highest BCUT2D eigenvalue weighted by Crippen LogP contribution is 2.41. The van der Waals surface area contributed by atoms with E-state index >= 15 is 0 Å². The molecule has 0 nitrogen and oxygen atoms in total. The van der Waals surface area contributed by atoms with Crippen molar-refractivity contribution in [2.24, 2.45) is 11.3 Å². The highest BCUT2D eigenvalue weighted by atomic mass is 14.3. The van der Waals surface area contributed by atoms with Crippen molar-refractivity contribution < 1.29 is 0 Å². The molecule has 1 aliphatic carbocycles. The van der Waals surface area contributed by atoms with E-state index in [0.717, 1.165) is 6.42 Å². The Morgan fingerprint density at radius 3 is 2.57 bits per heavy atom. The molecule has 0 aliphatic heterocycles. The molecular weight excluding hydrogens is 168 g/mol. The Morgan fingerprint density at radius 2 is 2.14 bits per heavy atom. The summed E-state index contributed by atoms with van der Waals surface area (Å²) in [6.45, 7) is 12.8. The van der Waals surface area contributed by atoms with E-state index in [2.05, 4.69) is 52.5 Å². The van der Waals surface area contributed by atoms with Crippen molar-refractivity contribution in [1.82, 2.24) is 0 Å². The van der Waals surface area contributed by atoms with Crippen molar-refractivity contribution in [3.8, 4) is 0 Å². The minimum Gasteiger partial charge on any atom is -0.102 e. The minimum absolute atomic E-state index is 0.312. The zero-order valence-corrected chi connectivity index (χ0v) is 9.93. The van der Waals surface area contributed by atoms with Crippen molar-refractivity contribution in [2.45, 2.75) is 40.5 Å². The van der Waals surface area contributed by atoms with E-state index in [0.29, 0.717) is 11.3 Å². The molecule has 0 radical (unpaired) electrons. The molecule has 0 N–H and O–H groups in total. The zero-order valence-electron chi connectivity index (χ0n) is 9.93. The standard InChI is InChI=1S/C14H22/c1-6-12-10-13(12)11(2)8-7-9-14(3,4)5/h6-7,9,12H,1,8,10H2,2-5H3. The summed E-state index contributed by atoms with van der Waals surface area (Å²) in [4.78, 5) is 0. The van der Waals surface area contributed by atoms with Crippen LogP contribution in [0.15, 0.2) is 36.0 Å². The minimum atomic E-state index is 0.312. The highest BCUT2D eigenvalue weighted by molar-refractivity contribution is 5.34. The van der Waals surface area contributed by atoms with Crippen LogP contribution in [-0.4, -0.2) is 0 Å². The Labute approximate surface area is 88.4 Å². The van der Waals surface area contributed by atoms with E-state index in [1.165, 1.54) is 12.0 Å². The van der Waals surface area contributed by atoms with Gasteiger partial charge < -0.3 is 0 Å². The van der Waals surface area contributed by atoms with E-state index in [1.807, 2.05) is 0 Å². The van der Waals surface area contributed by atoms with Gasteiger partial charge in [0.15, 0.2) is 0 Å². The molecule has 0 heterocycles. The van der Waals surface area contributed by atoms with E-state index < -0.39 is 0 Å². The van der Waals surface area contributed by atoms with Crippen LogP contribution < -0.4 is 0 Å². The number of hydrogen-bond donors (Lipinski definition) is 0. The summed E-state index contributed by atoms with van der Waals surface area (Å²) in [5.74, 6) is 0.693. The molecule has 0 amide bonds. The second kappa shape index (κ2) is 4.16. The SMILES string of the molecule is C=CC1CC1=C(C)CC=CC(C)(C)C. The normalized spacial score (nSPS) is 25.3. The van der Waals surface area contributed by atoms with Crippen LogP contribution in [0.5, 0.6) is 0 Å². The lowest BCUT2D eigenvalue weighted by molar-refractivity contribution is 0.542. The molecule has 1 fully saturated rings. The van der Waals surface area contributed by atoms with Gasteiger partial charge in [0.05, 0.1) is 0 Å². The molecule has 0 aromatic carbocycles. The van der Waals surface area contributed by atoms with Crippen LogP contribution in [0.2, 0.25) is 0 Å². The Balaban J connectivity index is 2.44. The predicted molar refractivity (Wildman–Crippen MR) is 64.2 cm³/mol. The number of allylic oxidation sites excluding steroid dienone is 5. The molecule has 14 heavy (non-hydrogen) atoms. The van der Waals surface area contributed by atoms with Crippen LogP contribution in [0.25, 0.3) is 0 Å². The summed E-state index contributed by atoms with van der Waals surface area (Å²) in [5, 5.41) is 0. The lowest BCUT2D eigenvalue weighted by Gasteiger charge is -2.10. The lowest BCUT2D eigenvalue weighted by Crippen LogP contribution is -1.98. The van der Waals surface area contributed by atoms with Gasteiger partial charge in [-0.1, -0.05) is 50.1 Å². The van der Waals surface area contributed by atoms with E-state index in [1.54, 1.807) is 5.57 Å². The quantitative estimate of drug-likeness (QED) is 0.575. The van der Waals surface area contributed by atoms with Gasteiger partial charge in [0, 0.05) is 5.92 Å². The maximum absolute atomic E-state index is 3.82. The summed E-state index contributed by atoms with van der Waals surface area (Å²) < 4.78 is 0. The highest BCUT2D eigenvalue weighted by Gasteiger charge is 2.27. The molecule has 0 bridgehead atoms. The van der Waals surface area contributed by atoms with Crippen molar-refractivity contribution in [2.75, 3.05) is 0 Å². The summed E-state index contributed by atoms with van der Waals surface area (Å²) in [6.07, 6.45) is 9.01. The number of rotatable bonds is 3. The van der Waals surface area contributed by atoms with Gasteiger partial charge in [-0.2, -0.15) is 0 Å². The summed E-state index contributed by atoms with van der Waals surface area (Å²) in [5.41, 5.74) is 3.46. The molecule has 0 aromatic rings. The van der Waals surface area contributed by atoms with Gasteiger partial charge in [-0.05, 0) is 25.2 Å². The van der Waals surface area contributed by atoms with Crippen molar-refractivity contribution in [3.05, 3.63) is 36.0 Å². The Kier molecular flexibility index (Phi) is 3.36. The Morgan fingerprint density at radius 1 is 1.50 bits per heavy atom. The van der Waals surface area contributed by atoms with Gasteiger partial charge in [0.25, 0.3) is 0 Å². The van der Waals surface area contributed by atoms with Crippen LogP contribution in [0, 0.1) is 11.3 Å². The second-order valence-electron chi connectivity index (χ2n) is 5.32. The average molecular weight is 190 g/mol. The third-order valence-corrected chi connectivity index (χ3v) is 2.60. The van der Waals surface area contributed by atoms with Gasteiger partial charge in [0.2, 0.25) is 0 Å². The predicted octanol–water partition coefficient (Wildman–Crippen LogP) is 4.50. The third kappa shape index (κ3) is 3.53. The third-order valence-electron chi connectivity index (χ3n) is 2.60. The first-order valence-electron chi connectivity index (χ1n) is 5.43. The van der Waals surface area contributed by atoms with Crippen LogP contribution in [-0.2, 0) is 0 Å². The Hall–Kier alpha value is -0.780. The fourth-order valence-corrected chi connectivity index (χ4v) is 1.61. The van der Waals surface area contributed by atoms with Crippen molar-refractivity contribution >= 4 is 0 Å². The monoisotopic (exact) mass is 190 g/mol. The first-order valence-corrected chi connectivity index (χ1v) is 5.43. The maximum atomic E-state index is 3.82. The topological polar surface area (TPSA) is 0 Å². The molecule has 1 rings (SSSR count). The number of hydrogen-bond acceptors (Lipinski definition) is 0. The van der Waals surface area contributed by atoms with E-state index in [-0.39, 0.29) is 0 Å². The van der Waals surface area contributed by atoms with Crippen molar-refractivity contribution in [1.29, 1.82) is 0 Å². The van der Waals surface area contributed by atoms with Crippen LogP contribution in [0.1, 0.15) is 40.5 Å².